The Morgan fingerprint density at radius 2 is 0.656 bits per heavy atom. The number of carbonyl (C=O) groups is 4. The van der Waals surface area contributed by atoms with E-state index < -0.39 is 97.5 Å². The summed E-state index contributed by atoms with van der Waals surface area (Å²) in [5.41, 5.74) is 0. The van der Waals surface area contributed by atoms with Crippen LogP contribution in [0.4, 0.5) is 0 Å². The molecule has 0 spiro atoms. The fraction of sp³-hybridized carbons (Fsp3) is 0.887. The zero-order valence-electron chi connectivity index (χ0n) is 58.1. The van der Waals surface area contributed by atoms with Crippen LogP contribution in [0.3, 0.4) is 0 Å². The first-order chi connectivity index (χ1) is 43.3. The lowest BCUT2D eigenvalue weighted by Crippen LogP contribution is -2.30. The van der Waals surface area contributed by atoms with Gasteiger partial charge in [0.15, 0.2) is 12.2 Å². The minimum absolute atomic E-state index is 0.0993. The number of allylic oxidation sites excluding steroid dienone is 4. The molecule has 0 aliphatic rings. The van der Waals surface area contributed by atoms with E-state index in [0.29, 0.717) is 31.6 Å². The lowest BCUT2D eigenvalue weighted by atomic mass is 10.00. The van der Waals surface area contributed by atoms with Crippen molar-refractivity contribution in [2.45, 2.75) is 349 Å². The normalized spacial score (nSPS) is 14.7. The predicted molar refractivity (Wildman–Crippen MR) is 363 cm³/mol. The summed E-state index contributed by atoms with van der Waals surface area (Å²) in [7, 11) is -9.91. The van der Waals surface area contributed by atoms with E-state index >= 15 is 0 Å². The second kappa shape index (κ2) is 61.4. The zero-order chi connectivity index (χ0) is 66.6. The van der Waals surface area contributed by atoms with Gasteiger partial charge in [0.1, 0.15) is 19.3 Å². The summed E-state index contributed by atoms with van der Waals surface area (Å²) in [6.45, 7) is 11.7. The first-order valence-electron chi connectivity index (χ1n) is 36.2. The van der Waals surface area contributed by atoms with Gasteiger partial charge in [0.05, 0.1) is 26.4 Å². The first-order valence-corrected chi connectivity index (χ1v) is 39.2. The Hall–Kier alpha value is -2.46. The average molecular weight is 1320 g/mol. The molecule has 0 aromatic heterocycles. The van der Waals surface area contributed by atoms with Crippen LogP contribution in [0.5, 0.6) is 0 Å². The van der Waals surface area contributed by atoms with E-state index in [1.54, 1.807) is 0 Å². The highest BCUT2D eigenvalue weighted by molar-refractivity contribution is 7.47. The number of phosphoric acid groups is 2. The molecule has 0 aliphatic carbocycles. The Balaban J connectivity index is 5.29. The molecule has 90 heavy (non-hydrogen) atoms. The van der Waals surface area contributed by atoms with Gasteiger partial charge < -0.3 is 33.8 Å². The third kappa shape index (κ3) is 63.0. The number of ether oxygens (including phenoxy) is 4. The van der Waals surface area contributed by atoms with Crippen LogP contribution in [0.25, 0.3) is 0 Å². The standard InChI is InChI=1S/C71H134O17P2/c1-8-10-11-12-13-14-15-16-17-18-22-25-30-38-45-52-68(73)81-58-66(87-70(75)54-47-40-31-26-23-20-19-21-24-28-35-42-49-62(3)4)60-85-89(77,78)83-56-65(72)57-84-90(79,80)86-61-67(88-71(76)55-48-41-32-27-29-36-43-50-63(5)6)59-82-69(74)53-46-39-34-33-37-44-51-64(7)9-2/h14-17,62-67,72H,8-13,18-61H2,1-7H3,(H,77,78)(H,79,80)/b15-14-,17-16-/t64?,65-,66-,67-/m1/s1. The summed E-state index contributed by atoms with van der Waals surface area (Å²) in [6, 6.07) is 0. The maximum Gasteiger partial charge on any atom is 0.472 e. The molecular weight excluding hydrogens is 1190 g/mol. The number of phosphoric ester groups is 2. The van der Waals surface area contributed by atoms with Crippen molar-refractivity contribution < 1.29 is 80.2 Å². The molecule has 0 aromatic carbocycles. The molecule has 0 saturated heterocycles. The molecule has 17 nitrogen and oxygen atoms in total. The van der Waals surface area contributed by atoms with Gasteiger partial charge in [0, 0.05) is 25.7 Å². The van der Waals surface area contributed by atoms with E-state index in [2.05, 4.69) is 72.8 Å². The quantitative estimate of drug-likeness (QED) is 0.0169. The van der Waals surface area contributed by atoms with Crippen LogP contribution in [-0.4, -0.2) is 96.7 Å². The molecule has 19 heteroatoms. The highest BCUT2D eigenvalue weighted by Crippen LogP contribution is 2.45. The minimum Gasteiger partial charge on any atom is -0.462 e. The number of aliphatic hydroxyl groups is 1. The van der Waals surface area contributed by atoms with Crippen molar-refractivity contribution in [2.24, 2.45) is 17.8 Å². The Kier molecular flexibility index (Phi) is 59.7. The molecule has 0 heterocycles. The highest BCUT2D eigenvalue weighted by Gasteiger charge is 2.30. The third-order valence-electron chi connectivity index (χ3n) is 16.1. The van der Waals surface area contributed by atoms with Gasteiger partial charge in [0.25, 0.3) is 0 Å². The van der Waals surface area contributed by atoms with Crippen molar-refractivity contribution in [3.05, 3.63) is 24.3 Å². The van der Waals surface area contributed by atoms with Crippen molar-refractivity contribution in [1.29, 1.82) is 0 Å². The maximum atomic E-state index is 13.0. The fourth-order valence-electron chi connectivity index (χ4n) is 10.1. The molecule has 6 atom stereocenters. The van der Waals surface area contributed by atoms with Crippen LogP contribution >= 0.6 is 15.6 Å². The zero-order valence-corrected chi connectivity index (χ0v) is 59.9. The molecule has 0 rings (SSSR count). The van der Waals surface area contributed by atoms with Gasteiger partial charge in [-0.25, -0.2) is 9.13 Å². The largest absolute Gasteiger partial charge is 0.472 e. The van der Waals surface area contributed by atoms with Gasteiger partial charge in [-0.15, -0.1) is 0 Å². The lowest BCUT2D eigenvalue weighted by molar-refractivity contribution is -0.161. The van der Waals surface area contributed by atoms with Crippen molar-refractivity contribution in [3.63, 3.8) is 0 Å². The molecule has 0 saturated carbocycles. The fourth-order valence-corrected chi connectivity index (χ4v) is 11.7. The number of esters is 4. The summed E-state index contributed by atoms with van der Waals surface area (Å²) in [5, 5.41) is 10.6. The van der Waals surface area contributed by atoms with Gasteiger partial charge in [0.2, 0.25) is 0 Å². The van der Waals surface area contributed by atoms with Gasteiger partial charge in [-0.2, -0.15) is 0 Å². The summed E-state index contributed by atoms with van der Waals surface area (Å²) in [5.74, 6) is 0.0386. The number of carbonyl (C=O) groups excluding carboxylic acids is 4. The van der Waals surface area contributed by atoms with Crippen molar-refractivity contribution >= 4 is 39.5 Å². The smallest absolute Gasteiger partial charge is 0.462 e. The number of rotatable bonds is 67. The van der Waals surface area contributed by atoms with Crippen LogP contribution in [0.2, 0.25) is 0 Å². The summed E-state index contributed by atoms with van der Waals surface area (Å²) in [4.78, 5) is 72.5. The average Bonchev–Trinajstić information content (AvgIpc) is 3.71. The Bertz CT molecular complexity index is 1860. The Morgan fingerprint density at radius 1 is 0.367 bits per heavy atom. The summed E-state index contributed by atoms with van der Waals surface area (Å²) in [6.07, 6.45) is 48.1. The minimum atomic E-state index is -4.96. The molecule has 0 radical (unpaired) electrons. The Labute approximate surface area is 548 Å². The monoisotopic (exact) mass is 1320 g/mol. The topological polar surface area (TPSA) is 237 Å². The van der Waals surface area contributed by atoms with E-state index in [4.69, 9.17) is 37.0 Å². The van der Waals surface area contributed by atoms with Crippen molar-refractivity contribution in [1.82, 2.24) is 0 Å². The van der Waals surface area contributed by atoms with E-state index in [1.165, 1.54) is 116 Å². The first kappa shape index (κ1) is 87.5. The van der Waals surface area contributed by atoms with Gasteiger partial charge in [-0.1, -0.05) is 278 Å². The molecule has 0 amide bonds. The molecular formula is C71H134O17P2. The number of aliphatic hydroxyl groups excluding tert-OH is 1. The molecule has 530 valence electrons. The SMILES string of the molecule is CCCCCC/C=C\C=C/CCCCCCCC(=O)OC[C@H](COP(=O)(O)OC[C@@H](O)COP(=O)(O)OC[C@@H](COC(=O)CCCCCCCCC(C)CC)OC(=O)CCCCCCCCCC(C)C)OC(=O)CCCCCCCCCCCCCCC(C)C. The van der Waals surface area contributed by atoms with Gasteiger partial charge in [-0.3, -0.25) is 37.3 Å². The van der Waals surface area contributed by atoms with Crippen molar-refractivity contribution in [3.8, 4) is 0 Å². The van der Waals surface area contributed by atoms with Crippen LogP contribution in [0, 0.1) is 17.8 Å². The van der Waals surface area contributed by atoms with E-state index in [-0.39, 0.29) is 25.7 Å². The highest BCUT2D eigenvalue weighted by atomic mass is 31.2. The number of unbranched alkanes of at least 4 members (excludes halogenated alkanes) is 31. The molecule has 0 fully saturated rings. The van der Waals surface area contributed by atoms with Crippen LogP contribution in [0.15, 0.2) is 24.3 Å². The van der Waals surface area contributed by atoms with E-state index in [9.17, 15) is 43.2 Å². The van der Waals surface area contributed by atoms with Gasteiger partial charge >= 0.3 is 39.5 Å². The number of hydrogen-bond donors (Lipinski definition) is 3. The molecule has 3 N–H and O–H groups in total. The molecule has 0 aliphatic heterocycles. The van der Waals surface area contributed by atoms with Crippen molar-refractivity contribution in [2.75, 3.05) is 39.6 Å². The molecule has 0 aromatic rings. The van der Waals surface area contributed by atoms with Crippen LogP contribution in [-0.2, 0) is 65.4 Å². The summed E-state index contributed by atoms with van der Waals surface area (Å²) < 4.78 is 68.2. The van der Waals surface area contributed by atoms with Crippen LogP contribution < -0.4 is 0 Å². The Morgan fingerprint density at radius 3 is 0.989 bits per heavy atom. The number of hydrogen-bond acceptors (Lipinski definition) is 15. The van der Waals surface area contributed by atoms with E-state index in [0.717, 1.165) is 127 Å². The maximum absolute atomic E-state index is 13.0. The van der Waals surface area contributed by atoms with Gasteiger partial charge in [-0.05, 0) is 69.1 Å². The predicted octanol–water partition coefficient (Wildman–Crippen LogP) is 19.8. The second-order valence-electron chi connectivity index (χ2n) is 26.1. The molecule has 3 unspecified atom stereocenters. The summed E-state index contributed by atoms with van der Waals surface area (Å²) >= 11 is 0. The van der Waals surface area contributed by atoms with Crippen LogP contribution in [0.1, 0.15) is 331 Å². The third-order valence-corrected chi connectivity index (χ3v) is 18.0. The second-order valence-corrected chi connectivity index (χ2v) is 29.0. The molecule has 0 bridgehead atoms. The lowest BCUT2D eigenvalue weighted by Gasteiger charge is -2.21. The van der Waals surface area contributed by atoms with E-state index in [1.807, 2.05) is 0 Å².